The molecule has 0 amide bonds. The number of para-hydroxylation sites is 1. The van der Waals surface area contributed by atoms with Crippen LogP contribution < -0.4 is 4.90 Å². The SMILES string of the molecule is CCCC(=O)C1CN(c2ccccc2)CCO1.CSc1ccc(CC(C)(C)N2CCOCC2)cc1. The summed E-state index contributed by atoms with van der Waals surface area (Å²) in [5, 5.41) is 0. The molecule has 0 spiro atoms. The van der Waals surface area contributed by atoms with Crippen LogP contribution in [0.1, 0.15) is 39.2 Å². The van der Waals surface area contributed by atoms with Crippen molar-refractivity contribution in [3.8, 4) is 0 Å². The van der Waals surface area contributed by atoms with E-state index in [1.54, 1.807) is 11.8 Å². The van der Waals surface area contributed by atoms with Gasteiger partial charge in [0.1, 0.15) is 6.10 Å². The zero-order valence-corrected chi connectivity index (χ0v) is 22.7. The summed E-state index contributed by atoms with van der Waals surface area (Å²) in [5.74, 6) is 0.230. The molecule has 5 nitrogen and oxygen atoms in total. The van der Waals surface area contributed by atoms with Gasteiger partial charge in [-0.15, -0.1) is 11.8 Å². The van der Waals surface area contributed by atoms with Gasteiger partial charge in [0, 0.05) is 42.2 Å². The van der Waals surface area contributed by atoms with E-state index < -0.39 is 0 Å². The number of anilines is 1. The topological polar surface area (TPSA) is 42.0 Å². The summed E-state index contributed by atoms with van der Waals surface area (Å²) in [4.78, 5) is 17.9. The van der Waals surface area contributed by atoms with Crippen LogP contribution in [-0.2, 0) is 20.7 Å². The first-order valence-corrected chi connectivity index (χ1v) is 14.1. The van der Waals surface area contributed by atoms with E-state index in [4.69, 9.17) is 9.47 Å². The van der Waals surface area contributed by atoms with Crippen LogP contribution >= 0.6 is 11.8 Å². The normalized spacial score (nSPS) is 19.1. The molecule has 2 heterocycles. The molecule has 0 aliphatic carbocycles. The lowest BCUT2D eigenvalue weighted by atomic mass is 9.92. The Bertz CT molecular complexity index is 883. The fourth-order valence-electron chi connectivity index (χ4n) is 4.65. The number of hydrogen-bond donors (Lipinski definition) is 0. The zero-order valence-electron chi connectivity index (χ0n) is 21.9. The number of carbonyl (C=O) groups is 1. The van der Waals surface area contributed by atoms with Crippen LogP contribution in [0.4, 0.5) is 5.69 Å². The molecule has 2 aliphatic rings. The quantitative estimate of drug-likeness (QED) is 0.459. The Balaban J connectivity index is 0.000000196. The number of hydrogen-bond acceptors (Lipinski definition) is 6. The Hall–Kier alpha value is -1.86. The van der Waals surface area contributed by atoms with Gasteiger partial charge in [0.2, 0.25) is 0 Å². The van der Waals surface area contributed by atoms with Crippen molar-refractivity contribution in [2.24, 2.45) is 0 Å². The van der Waals surface area contributed by atoms with Crippen molar-refractivity contribution in [2.75, 3.05) is 57.2 Å². The van der Waals surface area contributed by atoms with E-state index in [0.29, 0.717) is 19.6 Å². The highest BCUT2D eigenvalue weighted by Crippen LogP contribution is 2.23. The molecular formula is C29H42N2O3S. The molecule has 2 saturated heterocycles. The molecule has 4 rings (SSSR count). The van der Waals surface area contributed by atoms with E-state index in [1.807, 2.05) is 25.1 Å². The molecule has 0 saturated carbocycles. The monoisotopic (exact) mass is 498 g/mol. The highest BCUT2D eigenvalue weighted by atomic mass is 32.2. The molecular weight excluding hydrogens is 456 g/mol. The third-order valence-corrected chi connectivity index (χ3v) is 7.45. The molecule has 35 heavy (non-hydrogen) atoms. The maximum absolute atomic E-state index is 11.8. The summed E-state index contributed by atoms with van der Waals surface area (Å²) in [6.45, 7) is 12.7. The Labute approximate surface area is 216 Å². The third kappa shape index (κ3) is 8.64. The minimum absolute atomic E-state index is 0.213. The van der Waals surface area contributed by atoms with Gasteiger partial charge in [-0.3, -0.25) is 9.69 Å². The standard InChI is InChI=1S/C15H23NOS.C14H19NO2/c1-15(2,16-8-10-17-11-9-16)12-13-4-6-14(18-3)7-5-13;1-2-6-13(16)14-11-15(9-10-17-14)12-7-4-3-5-8-12/h4-7H,8-12H2,1-3H3;3-5,7-8,14H,2,6,9-11H2,1H3. The lowest BCUT2D eigenvalue weighted by Crippen LogP contribution is -2.51. The average Bonchev–Trinajstić information content (AvgIpc) is 2.90. The van der Waals surface area contributed by atoms with E-state index in [1.165, 1.54) is 16.1 Å². The van der Waals surface area contributed by atoms with Crippen molar-refractivity contribution in [2.45, 2.75) is 56.6 Å². The molecule has 0 bridgehead atoms. The molecule has 192 valence electrons. The molecule has 0 aromatic heterocycles. The number of carbonyl (C=O) groups excluding carboxylic acids is 1. The number of nitrogens with zero attached hydrogens (tertiary/aromatic N) is 2. The van der Waals surface area contributed by atoms with Crippen molar-refractivity contribution in [1.29, 1.82) is 0 Å². The van der Waals surface area contributed by atoms with Gasteiger partial charge in [0.25, 0.3) is 0 Å². The molecule has 0 N–H and O–H groups in total. The number of ether oxygens (including phenoxy) is 2. The Morgan fingerprint density at radius 2 is 1.69 bits per heavy atom. The molecule has 1 unspecified atom stereocenters. The molecule has 6 heteroatoms. The smallest absolute Gasteiger partial charge is 0.163 e. The van der Waals surface area contributed by atoms with Gasteiger partial charge in [0.15, 0.2) is 5.78 Å². The van der Waals surface area contributed by atoms with Gasteiger partial charge in [-0.25, -0.2) is 0 Å². The van der Waals surface area contributed by atoms with Crippen molar-refractivity contribution in [3.05, 3.63) is 60.2 Å². The van der Waals surface area contributed by atoms with Crippen molar-refractivity contribution < 1.29 is 14.3 Å². The molecule has 2 aromatic rings. The second-order valence-electron chi connectivity index (χ2n) is 9.79. The van der Waals surface area contributed by atoms with Crippen molar-refractivity contribution in [3.63, 3.8) is 0 Å². The Morgan fingerprint density at radius 1 is 1.00 bits per heavy atom. The number of ketones is 1. The van der Waals surface area contributed by atoms with Crippen molar-refractivity contribution >= 4 is 23.2 Å². The second-order valence-corrected chi connectivity index (χ2v) is 10.7. The molecule has 0 radical (unpaired) electrons. The van der Waals surface area contributed by atoms with Crippen LogP contribution in [0.5, 0.6) is 0 Å². The molecule has 2 aliphatic heterocycles. The number of morpholine rings is 2. The van der Waals surface area contributed by atoms with Crippen LogP contribution in [0.15, 0.2) is 59.5 Å². The van der Waals surface area contributed by atoms with Gasteiger partial charge in [-0.2, -0.15) is 0 Å². The molecule has 2 aromatic carbocycles. The van der Waals surface area contributed by atoms with Gasteiger partial charge < -0.3 is 14.4 Å². The first kappa shape index (κ1) is 27.7. The van der Waals surface area contributed by atoms with Gasteiger partial charge in [-0.05, 0) is 62.8 Å². The molecule has 1 atom stereocenters. The second kappa shape index (κ2) is 14.0. The predicted molar refractivity (Wildman–Crippen MR) is 147 cm³/mol. The minimum atomic E-state index is -0.246. The van der Waals surface area contributed by atoms with Crippen LogP contribution in [0.2, 0.25) is 0 Å². The van der Waals surface area contributed by atoms with E-state index in [2.05, 4.69) is 66.3 Å². The fourth-order valence-corrected chi connectivity index (χ4v) is 5.06. The summed E-state index contributed by atoms with van der Waals surface area (Å²) in [5.41, 5.74) is 2.80. The fraction of sp³-hybridized carbons (Fsp3) is 0.552. The van der Waals surface area contributed by atoms with Crippen LogP contribution in [-0.4, -0.2) is 74.6 Å². The number of benzene rings is 2. The van der Waals surface area contributed by atoms with E-state index >= 15 is 0 Å². The average molecular weight is 499 g/mol. The van der Waals surface area contributed by atoms with Gasteiger partial charge in [0.05, 0.1) is 26.4 Å². The summed E-state index contributed by atoms with van der Waals surface area (Å²) in [6.07, 6.45) is 4.48. The van der Waals surface area contributed by atoms with Crippen LogP contribution in [0.3, 0.4) is 0 Å². The summed E-state index contributed by atoms with van der Waals surface area (Å²) in [6, 6.07) is 19.2. The highest BCUT2D eigenvalue weighted by Gasteiger charge is 2.28. The Kier molecular flexibility index (Phi) is 11.1. The maximum Gasteiger partial charge on any atom is 0.163 e. The van der Waals surface area contributed by atoms with E-state index in [9.17, 15) is 4.79 Å². The first-order chi connectivity index (χ1) is 16.9. The number of thioether (sulfide) groups is 1. The minimum Gasteiger partial charge on any atom is -0.379 e. The zero-order chi connectivity index (χ0) is 25.1. The highest BCUT2D eigenvalue weighted by molar-refractivity contribution is 7.98. The summed E-state index contributed by atoms with van der Waals surface area (Å²) < 4.78 is 11.0. The predicted octanol–water partition coefficient (Wildman–Crippen LogP) is 5.32. The number of Topliss-reactive ketones (excluding diaryl/α,β-unsaturated/α-hetero) is 1. The van der Waals surface area contributed by atoms with Crippen LogP contribution in [0, 0.1) is 0 Å². The maximum atomic E-state index is 11.8. The summed E-state index contributed by atoms with van der Waals surface area (Å²) in [7, 11) is 0. The largest absolute Gasteiger partial charge is 0.379 e. The lowest BCUT2D eigenvalue weighted by molar-refractivity contribution is -0.131. The lowest BCUT2D eigenvalue weighted by Gasteiger charge is -2.41. The molecule has 2 fully saturated rings. The van der Waals surface area contributed by atoms with Gasteiger partial charge >= 0.3 is 0 Å². The van der Waals surface area contributed by atoms with Crippen molar-refractivity contribution in [1.82, 2.24) is 4.90 Å². The van der Waals surface area contributed by atoms with E-state index in [-0.39, 0.29) is 17.4 Å². The summed E-state index contributed by atoms with van der Waals surface area (Å²) >= 11 is 1.80. The van der Waals surface area contributed by atoms with Crippen LogP contribution in [0.25, 0.3) is 0 Å². The third-order valence-electron chi connectivity index (χ3n) is 6.71. The van der Waals surface area contributed by atoms with E-state index in [0.717, 1.165) is 45.7 Å². The van der Waals surface area contributed by atoms with Gasteiger partial charge in [-0.1, -0.05) is 37.3 Å². The number of rotatable bonds is 8. The first-order valence-electron chi connectivity index (χ1n) is 12.8. The Morgan fingerprint density at radius 3 is 2.31 bits per heavy atom.